The van der Waals surface area contributed by atoms with Gasteiger partial charge in [0.15, 0.2) is 0 Å². The highest BCUT2D eigenvalue weighted by Crippen LogP contribution is 2.44. The lowest BCUT2D eigenvalue weighted by atomic mass is 9.72. The molecule has 2 aliphatic rings. The van der Waals surface area contributed by atoms with Gasteiger partial charge in [0.05, 0.1) is 0 Å². The molecule has 1 amide bonds. The number of fused-ring (bicyclic) bond motifs is 2. The number of hydrogen-bond donors (Lipinski definition) is 1. The van der Waals surface area contributed by atoms with Gasteiger partial charge in [-0.3, -0.25) is 4.79 Å². The standard InChI is InChI=1S/C20H27N3O/c1-4-19(24)21-10-13-8-16-15-6-5-7-17-20(15)14(12-23(17)3)9-18(16)22(2)11-13/h5-7,12-13,16,18H,4,8-11H2,1-3H3,(H,21,24)/t13-,16?,18+/m0/s1. The van der Waals surface area contributed by atoms with Crippen molar-refractivity contribution in [1.82, 2.24) is 14.8 Å². The third-order valence-electron chi connectivity index (χ3n) is 6.03. The van der Waals surface area contributed by atoms with E-state index in [2.05, 4.69) is 53.3 Å². The molecule has 2 heterocycles. The zero-order valence-corrected chi connectivity index (χ0v) is 14.9. The van der Waals surface area contributed by atoms with E-state index in [1.54, 1.807) is 0 Å². The van der Waals surface area contributed by atoms with E-state index in [1.165, 1.54) is 28.5 Å². The molecule has 0 radical (unpaired) electrons. The van der Waals surface area contributed by atoms with Gasteiger partial charge >= 0.3 is 0 Å². The number of carbonyl (C=O) groups excluding carboxylic acids is 1. The van der Waals surface area contributed by atoms with Crippen molar-refractivity contribution in [3.05, 3.63) is 35.5 Å². The van der Waals surface area contributed by atoms with Crippen LogP contribution in [-0.2, 0) is 18.3 Å². The SMILES string of the molecule is CCC(=O)NC[C@@H]1CC2c3cccc4c3c(cn4C)C[C@H]2N(C)C1. The molecule has 4 rings (SSSR count). The van der Waals surface area contributed by atoms with Crippen molar-refractivity contribution >= 4 is 16.8 Å². The van der Waals surface area contributed by atoms with Crippen LogP contribution in [0.5, 0.6) is 0 Å². The van der Waals surface area contributed by atoms with Gasteiger partial charge in [-0.15, -0.1) is 0 Å². The number of likely N-dealkylation sites (N-methyl/N-ethyl adjacent to an activating group) is 1. The van der Waals surface area contributed by atoms with Crippen LogP contribution < -0.4 is 5.32 Å². The zero-order chi connectivity index (χ0) is 16.8. The van der Waals surface area contributed by atoms with Crippen LogP contribution in [0.2, 0.25) is 0 Å². The van der Waals surface area contributed by atoms with Crippen molar-refractivity contribution in [1.29, 1.82) is 0 Å². The van der Waals surface area contributed by atoms with Gasteiger partial charge in [-0.2, -0.15) is 0 Å². The van der Waals surface area contributed by atoms with Gasteiger partial charge in [-0.25, -0.2) is 0 Å². The number of hydrogen-bond acceptors (Lipinski definition) is 2. The molecule has 1 unspecified atom stereocenters. The zero-order valence-electron chi connectivity index (χ0n) is 14.9. The van der Waals surface area contributed by atoms with E-state index in [-0.39, 0.29) is 5.91 Å². The van der Waals surface area contributed by atoms with Crippen LogP contribution in [0.4, 0.5) is 0 Å². The number of rotatable bonds is 3. The predicted molar refractivity (Wildman–Crippen MR) is 97.2 cm³/mol. The normalized spacial score (nSPS) is 26.4. The average molecular weight is 325 g/mol. The fourth-order valence-corrected chi connectivity index (χ4v) is 4.86. The highest BCUT2D eigenvalue weighted by atomic mass is 16.1. The summed E-state index contributed by atoms with van der Waals surface area (Å²) in [6, 6.07) is 7.34. The summed E-state index contributed by atoms with van der Waals surface area (Å²) in [5.41, 5.74) is 4.36. The van der Waals surface area contributed by atoms with E-state index in [0.29, 0.717) is 24.3 Å². The summed E-state index contributed by atoms with van der Waals surface area (Å²) in [5.74, 6) is 1.27. The fourth-order valence-electron chi connectivity index (χ4n) is 4.86. The second-order valence-electron chi connectivity index (χ2n) is 7.58. The fraction of sp³-hybridized carbons (Fsp3) is 0.550. The van der Waals surface area contributed by atoms with E-state index in [4.69, 9.17) is 0 Å². The Morgan fingerprint density at radius 2 is 2.17 bits per heavy atom. The summed E-state index contributed by atoms with van der Waals surface area (Å²) < 4.78 is 2.27. The molecule has 128 valence electrons. The average Bonchev–Trinajstić information content (AvgIpc) is 2.91. The maximum atomic E-state index is 11.6. The van der Waals surface area contributed by atoms with E-state index in [9.17, 15) is 4.79 Å². The van der Waals surface area contributed by atoms with Gasteiger partial charge in [-0.1, -0.05) is 19.1 Å². The molecule has 0 saturated carbocycles. The smallest absolute Gasteiger partial charge is 0.219 e. The van der Waals surface area contributed by atoms with Crippen LogP contribution in [0.15, 0.2) is 24.4 Å². The largest absolute Gasteiger partial charge is 0.356 e. The minimum atomic E-state index is 0.163. The van der Waals surface area contributed by atoms with E-state index >= 15 is 0 Å². The molecule has 0 spiro atoms. The van der Waals surface area contributed by atoms with Gasteiger partial charge in [0.25, 0.3) is 0 Å². The third-order valence-corrected chi connectivity index (χ3v) is 6.03. The first-order valence-corrected chi connectivity index (χ1v) is 9.12. The quantitative estimate of drug-likeness (QED) is 0.942. The number of likely N-dealkylation sites (tertiary alicyclic amines) is 1. The summed E-state index contributed by atoms with van der Waals surface area (Å²) in [7, 11) is 4.40. The molecule has 1 aliphatic heterocycles. The summed E-state index contributed by atoms with van der Waals surface area (Å²) in [6.45, 7) is 3.79. The number of amides is 1. The highest BCUT2D eigenvalue weighted by molar-refractivity contribution is 5.89. The minimum absolute atomic E-state index is 0.163. The summed E-state index contributed by atoms with van der Waals surface area (Å²) >= 11 is 0. The molecule has 1 fully saturated rings. The lowest BCUT2D eigenvalue weighted by Gasteiger charge is -2.45. The van der Waals surface area contributed by atoms with Crippen LogP contribution in [0.3, 0.4) is 0 Å². The van der Waals surface area contributed by atoms with Gasteiger partial charge in [0.1, 0.15) is 0 Å². The Hall–Kier alpha value is -1.81. The Bertz CT molecular complexity index is 779. The monoisotopic (exact) mass is 325 g/mol. The number of aryl methyl sites for hydroxylation is 1. The van der Waals surface area contributed by atoms with Crippen LogP contribution >= 0.6 is 0 Å². The van der Waals surface area contributed by atoms with E-state index < -0.39 is 0 Å². The first-order chi connectivity index (χ1) is 11.6. The number of piperidine rings is 1. The topological polar surface area (TPSA) is 37.3 Å². The molecule has 1 aromatic heterocycles. The van der Waals surface area contributed by atoms with E-state index in [0.717, 1.165) is 19.5 Å². The van der Waals surface area contributed by atoms with Gasteiger partial charge in [-0.05, 0) is 43.0 Å². The molecule has 4 nitrogen and oxygen atoms in total. The molecule has 0 bridgehead atoms. The first kappa shape index (κ1) is 15.7. The number of nitrogens with one attached hydrogen (secondary N) is 1. The summed E-state index contributed by atoms with van der Waals surface area (Å²) in [5, 5.41) is 4.58. The molecule has 24 heavy (non-hydrogen) atoms. The second-order valence-corrected chi connectivity index (χ2v) is 7.58. The predicted octanol–water partition coefficient (Wildman–Crippen LogP) is 2.66. The molecule has 1 N–H and O–H groups in total. The maximum Gasteiger partial charge on any atom is 0.219 e. The molecular formula is C20H27N3O. The number of aromatic nitrogens is 1. The van der Waals surface area contributed by atoms with Crippen molar-refractivity contribution in [3.8, 4) is 0 Å². The number of benzene rings is 1. The molecular weight excluding hydrogens is 298 g/mol. The number of carbonyl (C=O) groups is 1. The van der Waals surface area contributed by atoms with Crippen molar-refractivity contribution in [2.45, 2.75) is 38.1 Å². The van der Waals surface area contributed by atoms with Crippen LogP contribution in [0.1, 0.15) is 36.8 Å². The van der Waals surface area contributed by atoms with Crippen LogP contribution in [-0.4, -0.2) is 41.6 Å². The molecule has 3 atom stereocenters. The summed E-state index contributed by atoms with van der Waals surface area (Å²) in [6.07, 6.45) is 5.20. The third kappa shape index (κ3) is 2.44. The Morgan fingerprint density at radius 1 is 1.33 bits per heavy atom. The van der Waals surface area contributed by atoms with Gasteiger partial charge in [0.2, 0.25) is 5.91 Å². The van der Waals surface area contributed by atoms with Crippen LogP contribution in [0.25, 0.3) is 10.9 Å². The minimum Gasteiger partial charge on any atom is -0.356 e. The molecule has 1 aliphatic carbocycles. The van der Waals surface area contributed by atoms with Gasteiger partial charge in [0, 0.05) is 55.6 Å². The molecule has 4 heteroatoms. The second kappa shape index (κ2) is 5.92. The lowest BCUT2D eigenvalue weighted by molar-refractivity contribution is -0.121. The van der Waals surface area contributed by atoms with E-state index in [1.807, 2.05) is 6.92 Å². The van der Waals surface area contributed by atoms with Crippen molar-refractivity contribution in [3.63, 3.8) is 0 Å². The Balaban J connectivity index is 1.65. The summed E-state index contributed by atoms with van der Waals surface area (Å²) in [4.78, 5) is 14.1. The first-order valence-electron chi connectivity index (χ1n) is 9.12. The Morgan fingerprint density at radius 3 is 2.96 bits per heavy atom. The molecule has 1 aromatic carbocycles. The van der Waals surface area contributed by atoms with Crippen molar-refractivity contribution in [2.24, 2.45) is 13.0 Å². The van der Waals surface area contributed by atoms with Crippen molar-refractivity contribution in [2.75, 3.05) is 20.1 Å². The molecule has 2 aromatic rings. The molecule has 1 saturated heterocycles. The Kier molecular flexibility index (Phi) is 3.87. The van der Waals surface area contributed by atoms with Crippen molar-refractivity contribution < 1.29 is 4.79 Å². The Labute approximate surface area is 143 Å². The van der Waals surface area contributed by atoms with Crippen LogP contribution in [0, 0.1) is 5.92 Å². The highest BCUT2D eigenvalue weighted by Gasteiger charge is 2.39. The maximum absolute atomic E-state index is 11.6. The number of nitrogens with zero attached hydrogens (tertiary/aromatic N) is 2. The van der Waals surface area contributed by atoms with Gasteiger partial charge < -0.3 is 14.8 Å². The lowest BCUT2D eigenvalue weighted by Crippen LogP contribution is -2.50.